The second kappa shape index (κ2) is 6.81. The van der Waals surface area contributed by atoms with Crippen LogP contribution in [-0.2, 0) is 21.5 Å². The third-order valence-corrected chi connectivity index (χ3v) is 5.38. The Morgan fingerprint density at radius 2 is 2.04 bits per heavy atom. The average molecular weight is 343 g/mol. The van der Waals surface area contributed by atoms with Crippen molar-refractivity contribution in [2.24, 2.45) is 0 Å². The van der Waals surface area contributed by atoms with Crippen LogP contribution in [-0.4, -0.2) is 56.9 Å². The maximum atomic E-state index is 12.1. The molecule has 1 atom stereocenters. The van der Waals surface area contributed by atoms with Crippen LogP contribution in [0, 0.1) is 0 Å². The van der Waals surface area contributed by atoms with E-state index in [-0.39, 0.29) is 29.6 Å². The summed E-state index contributed by atoms with van der Waals surface area (Å²) in [5.41, 5.74) is -0.301. The number of hydrogen-bond donors (Lipinski definition) is 2. The van der Waals surface area contributed by atoms with Crippen LogP contribution in [0.1, 0.15) is 12.8 Å². The number of pyridine rings is 1. The van der Waals surface area contributed by atoms with Gasteiger partial charge in [-0.15, -0.1) is 0 Å². The molecule has 1 saturated carbocycles. The number of aromatic nitrogens is 1. The Balaban J connectivity index is 2.09. The summed E-state index contributed by atoms with van der Waals surface area (Å²) in [4.78, 5) is 24.5. The summed E-state index contributed by atoms with van der Waals surface area (Å²) in [6.07, 6.45) is 3.36. The molecular weight excluding hydrogens is 320 g/mol. The molecule has 1 aliphatic rings. The molecular formula is C14H23N4O4S+. The van der Waals surface area contributed by atoms with E-state index in [1.165, 1.54) is 37.0 Å². The molecule has 0 bridgehead atoms. The van der Waals surface area contributed by atoms with Gasteiger partial charge < -0.3 is 10.2 Å². The molecule has 1 fully saturated rings. The highest BCUT2D eigenvalue weighted by Crippen LogP contribution is 2.18. The summed E-state index contributed by atoms with van der Waals surface area (Å²) in [6.45, 7) is 0.446. The van der Waals surface area contributed by atoms with E-state index >= 15 is 0 Å². The van der Waals surface area contributed by atoms with Crippen molar-refractivity contribution in [2.75, 3.05) is 27.7 Å². The molecule has 1 amide bonds. The fraction of sp³-hybridized carbons (Fsp3) is 0.571. The SMILES string of the molecule is CN(C)S(=O)(=O)c1ccc(=O)n(C[NH+](C)CC(=O)NC2CC2)c1. The molecule has 1 aromatic heterocycles. The van der Waals surface area contributed by atoms with Gasteiger partial charge >= 0.3 is 0 Å². The van der Waals surface area contributed by atoms with Crippen molar-refractivity contribution in [1.82, 2.24) is 14.2 Å². The number of sulfonamides is 1. The van der Waals surface area contributed by atoms with Gasteiger partial charge in [0.2, 0.25) is 10.0 Å². The van der Waals surface area contributed by atoms with Crippen molar-refractivity contribution in [1.29, 1.82) is 0 Å². The van der Waals surface area contributed by atoms with Gasteiger partial charge in [0.15, 0.2) is 13.2 Å². The van der Waals surface area contributed by atoms with Crippen LogP contribution in [0.2, 0.25) is 0 Å². The van der Waals surface area contributed by atoms with Gasteiger partial charge in [0.1, 0.15) is 0 Å². The summed E-state index contributed by atoms with van der Waals surface area (Å²) in [7, 11) is 1.06. The van der Waals surface area contributed by atoms with Crippen molar-refractivity contribution >= 4 is 15.9 Å². The Hall–Kier alpha value is -1.71. The lowest BCUT2D eigenvalue weighted by Crippen LogP contribution is -3.09. The van der Waals surface area contributed by atoms with E-state index in [9.17, 15) is 18.0 Å². The second-order valence-corrected chi connectivity index (χ2v) is 8.25. The van der Waals surface area contributed by atoms with Gasteiger partial charge in [0.25, 0.3) is 11.5 Å². The van der Waals surface area contributed by atoms with Crippen LogP contribution in [0.4, 0.5) is 0 Å². The fourth-order valence-electron chi connectivity index (χ4n) is 2.12. The molecule has 1 heterocycles. The smallest absolute Gasteiger partial charge is 0.275 e. The lowest BCUT2D eigenvalue weighted by Gasteiger charge is -2.17. The minimum absolute atomic E-state index is 0.0531. The topological polar surface area (TPSA) is 92.9 Å². The maximum Gasteiger partial charge on any atom is 0.275 e. The number of nitrogens with one attached hydrogen (secondary N) is 2. The lowest BCUT2D eigenvalue weighted by atomic mass is 10.4. The molecule has 0 spiro atoms. The monoisotopic (exact) mass is 343 g/mol. The van der Waals surface area contributed by atoms with E-state index in [0.717, 1.165) is 22.0 Å². The van der Waals surface area contributed by atoms with Crippen LogP contribution < -0.4 is 15.8 Å². The second-order valence-electron chi connectivity index (χ2n) is 6.09. The van der Waals surface area contributed by atoms with Gasteiger partial charge in [-0.2, -0.15) is 0 Å². The molecule has 1 unspecified atom stereocenters. The molecule has 0 aromatic carbocycles. The first-order chi connectivity index (χ1) is 10.7. The summed E-state index contributed by atoms with van der Waals surface area (Å²) in [5.74, 6) is -0.0601. The van der Waals surface area contributed by atoms with Gasteiger partial charge in [0.05, 0.1) is 11.9 Å². The third-order valence-electron chi connectivity index (χ3n) is 3.58. The van der Waals surface area contributed by atoms with E-state index in [0.29, 0.717) is 6.04 Å². The Morgan fingerprint density at radius 1 is 1.39 bits per heavy atom. The quantitative estimate of drug-likeness (QED) is 0.590. The standard InChI is InChI=1S/C14H22N4O4S/c1-16(2)23(21,22)12-6-7-14(20)18(8-12)10-17(3)9-13(19)15-11-4-5-11/h6-8,11H,4-5,9-10H2,1-3H3,(H,15,19)/p+1. The first kappa shape index (κ1) is 17.6. The number of quaternary nitrogens is 1. The highest BCUT2D eigenvalue weighted by atomic mass is 32.2. The summed E-state index contributed by atoms with van der Waals surface area (Å²) in [6, 6.07) is 2.82. The van der Waals surface area contributed by atoms with Gasteiger partial charge in [0, 0.05) is 32.4 Å². The molecule has 2 rings (SSSR count). The molecule has 128 valence electrons. The van der Waals surface area contributed by atoms with Crippen molar-refractivity contribution < 1.29 is 18.1 Å². The van der Waals surface area contributed by atoms with E-state index in [1.807, 2.05) is 0 Å². The Bertz CT molecular complexity index is 737. The minimum Gasteiger partial charge on any atom is -0.348 e. The largest absolute Gasteiger partial charge is 0.348 e. The predicted molar refractivity (Wildman–Crippen MR) is 84.5 cm³/mol. The fourth-order valence-corrected chi connectivity index (χ4v) is 3.05. The Kier molecular flexibility index (Phi) is 5.23. The molecule has 2 N–H and O–H groups in total. The molecule has 8 nitrogen and oxygen atoms in total. The van der Waals surface area contributed by atoms with Crippen LogP contribution in [0.5, 0.6) is 0 Å². The lowest BCUT2D eigenvalue weighted by molar-refractivity contribution is -0.895. The highest BCUT2D eigenvalue weighted by Gasteiger charge is 2.24. The zero-order valence-electron chi connectivity index (χ0n) is 13.6. The molecule has 1 aromatic rings. The number of amides is 1. The molecule has 9 heteroatoms. The van der Waals surface area contributed by atoms with Crippen molar-refractivity contribution in [3.8, 4) is 0 Å². The number of rotatable bonds is 7. The van der Waals surface area contributed by atoms with E-state index < -0.39 is 10.0 Å². The van der Waals surface area contributed by atoms with Crippen molar-refractivity contribution in [3.63, 3.8) is 0 Å². The number of carbonyl (C=O) groups excluding carboxylic acids is 1. The van der Waals surface area contributed by atoms with Gasteiger partial charge in [-0.25, -0.2) is 12.7 Å². The number of nitrogens with zero attached hydrogens (tertiary/aromatic N) is 2. The number of hydrogen-bond acceptors (Lipinski definition) is 4. The Morgan fingerprint density at radius 3 is 2.61 bits per heavy atom. The van der Waals surface area contributed by atoms with Gasteiger partial charge in [-0.1, -0.05) is 0 Å². The normalized spacial score (nSPS) is 16.3. The number of likely N-dealkylation sites (N-methyl/N-ethyl adjacent to an activating group) is 1. The van der Waals surface area contributed by atoms with Crippen LogP contribution in [0.15, 0.2) is 28.0 Å². The highest BCUT2D eigenvalue weighted by molar-refractivity contribution is 7.89. The first-order valence-electron chi connectivity index (χ1n) is 7.44. The predicted octanol–water partition coefficient (Wildman–Crippen LogP) is -2.15. The van der Waals surface area contributed by atoms with E-state index in [2.05, 4.69) is 5.32 Å². The van der Waals surface area contributed by atoms with E-state index in [4.69, 9.17) is 0 Å². The Labute approximate surface area is 135 Å². The van der Waals surface area contributed by atoms with Crippen LogP contribution >= 0.6 is 0 Å². The van der Waals surface area contributed by atoms with Crippen LogP contribution in [0.25, 0.3) is 0 Å². The molecule has 0 aliphatic heterocycles. The minimum atomic E-state index is -3.60. The van der Waals surface area contributed by atoms with Gasteiger partial charge in [-0.05, 0) is 18.9 Å². The summed E-state index contributed by atoms with van der Waals surface area (Å²) < 4.78 is 26.7. The third kappa shape index (κ3) is 4.63. The first-order valence-corrected chi connectivity index (χ1v) is 8.88. The zero-order chi connectivity index (χ0) is 17.2. The summed E-state index contributed by atoms with van der Waals surface area (Å²) in [5, 5.41) is 2.89. The average Bonchev–Trinajstić information content (AvgIpc) is 3.24. The zero-order valence-corrected chi connectivity index (χ0v) is 14.4. The molecule has 0 radical (unpaired) electrons. The molecule has 23 heavy (non-hydrogen) atoms. The van der Waals surface area contributed by atoms with Crippen molar-refractivity contribution in [2.45, 2.75) is 30.4 Å². The van der Waals surface area contributed by atoms with Crippen molar-refractivity contribution in [3.05, 3.63) is 28.7 Å². The summed E-state index contributed by atoms with van der Waals surface area (Å²) >= 11 is 0. The van der Waals surface area contributed by atoms with Crippen LogP contribution in [0.3, 0.4) is 0 Å². The maximum absolute atomic E-state index is 12.1. The van der Waals surface area contributed by atoms with Gasteiger partial charge in [-0.3, -0.25) is 14.2 Å². The van der Waals surface area contributed by atoms with E-state index in [1.54, 1.807) is 7.05 Å². The number of carbonyl (C=O) groups is 1. The molecule has 0 saturated heterocycles. The molecule has 1 aliphatic carbocycles.